The summed E-state index contributed by atoms with van der Waals surface area (Å²) in [5.41, 5.74) is 3.00. The molecule has 0 saturated carbocycles. The van der Waals surface area contributed by atoms with Crippen LogP contribution in [0.5, 0.6) is 11.5 Å². The van der Waals surface area contributed by atoms with Crippen molar-refractivity contribution in [2.75, 3.05) is 37.1 Å². The van der Waals surface area contributed by atoms with Crippen molar-refractivity contribution in [3.05, 3.63) is 96.1 Å². The molecular formula is C28H28N2O6. The van der Waals surface area contributed by atoms with Gasteiger partial charge in [-0.1, -0.05) is 60.7 Å². The molecule has 3 aromatic rings. The molecule has 0 radical (unpaired) electrons. The number of carbonyl (C=O) groups excluding carboxylic acids is 2. The molecule has 8 heteroatoms. The number of nitrogens with one attached hydrogen (secondary N) is 2. The van der Waals surface area contributed by atoms with Crippen molar-refractivity contribution in [2.24, 2.45) is 0 Å². The first-order valence-corrected chi connectivity index (χ1v) is 11.6. The summed E-state index contributed by atoms with van der Waals surface area (Å²) in [5.74, 6) is 0.520. The van der Waals surface area contributed by atoms with E-state index in [1.807, 2.05) is 48.5 Å². The molecule has 1 aliphatic rings. The Morgan fingerprint density at radius 3 is 1.42 bits per heavy atom. The maximum Gasteiger partial charge on any atom is 0.250 e. The van der Waals surface area contributed by atoms with E-state index in [4.69, 9.17) is 18.9 Å². The van der Waals surface area contributed by atoms with Gasteiger partial charge < -0.3 is 29.6 Å². The highest BCUT2D eigenvalue weighted by atomic mass is 16.5. The summed E-state index contributed by atoms with van der Waals surface area (Å²) in [6.45, 7) is 0.821. The first-order chi connectivity index (χ1) is 17.7. The van der Waals surface area contributed by atoms with Crippen LogP contribution in [0.15, 0.2) is 84.9 Å². The van der Waals surface area contributed by atoms with Crippen LogP contribution in [0.1, 0.15) is 11.1 Å². The van der Waals surface area contributed by atoms with E-state index in [1.165, 1.54) is 0 Å². The molecule has 36 heavy (non-hydrogen) atoms. The van der Waals surface area contributed by atoms with Crippen molar-refractivity contribution in [1.82, 2.24) is 0 Å². The lowest BCUT2D eigenvalue weighted by Crippen LogP contribution is -2.19. The SMILES string of the molecule is O=C1COC/C=C\COCC(=O)Nc2ccccc2OCc2ccccc2COc2ccccc2N1. The molecule has 1 aliphatic heterocycles. The normalized spacial score (nSPS) is 16.7. The molecule has 0 spiro atoms. The van der Waals surface area contributed by atoms with E-state index in [0.29, 0.717) is 22.9 Å². The van der Waals surface area contributed by atoms with Crippen molar-refractivity contribution < 1.29 is 28.5 Å². The predicted octanol–water partition coefficient (Wildman–Crippen LogP) is 4.32. The third-order valence-electron chi connectivity index (χ3n) is 5.27. The van der Waals surface area contributed by atoms with Crippen LogP contribution in [0.25, 0.3) is 0 Å². The van der Waals surface area contributed by atoms with E-state index in [0.717, 1.165) is 11.1 Å². The van der Waals surface area contributed by atoms with Gasteiger partial charge in [-0.3, -0.25) is 9.59 Å². The maximum absolute atomic E-state index is 12.3. The summed E-state index contributed by atoms with van der Waals surface area (Å²) in [4.78, 5) is 24.7. The van der Waals surface area contributed by atoms with Crippen LogP contribution in [0, 0.1) is 0 Å². The highest BCUT2D eigenvalue weighted by molar-refractivity contribution is 5.93. The largest absolute Gasteiger partial charge is 0.487 e. The smallest absolute Gasteiger partial charge is 0.250 e. The van der Waals surface area contributed by atoms with Gasteiger partial charge in [-0.05, 0) is 35.4 Å². The first-order valence-electron chi connectivity index (χ1n) is 11.6. The number of hydrogen-bond acceptors (Lipinski definition) is 6. The highest BCUT2D eigenvalue weighted by Crippen LogP contribution is 2.27. The van der Waals surface area contributed by atoms with Crippen LogP contribution in [-0.2, 0) is 32.3 Å². The van der Waals surface area contributed by atoms with Crippen LogP contribution in [0.3, 0.4) is 0 Å². The lowest BCUT2D eigenvalue weighted by molar-refractivity contribution is -0.121. The summed E-state index contributed by atoms with van der Waals surface area (Å²) in [5, 5.41) is 5.66. The fourth-order valence-corrected chi connectivity index (χ4v) is 3.49. The Kier molecular flexibility index (Phi) is 9.07. The molecule has 2 N–H and O–H groups in total. The fraction of sp³-hybridized carbons (Fsp3) is 0.214. The number of amides is 2. The van der Waals surface area contributed by atoms with Crippen molar-refractivity contribution in [2.45, 2.75) is 13.2 Å². The van der Waals surface area contributed by atoms with Crippen LogP contribution in [0.2, 0.25) is 0 Å². The average molecular weight is 489 g/mol. The van der Waals surface area contributed by atoms with Gasteiger partial charge in [0.25, 0.3) is 0 Å². The van der Waals surface area contributed by atoms with Gasteiger partial charge in [0.2, 0.25) is 11.8 Å². The second-order valence-electron chi connectivity index (χ2n) is 7.94. The van der Waals surface area contributed by atoms with Crippen LogP contribution >= 0.6 is 0 Å². The number of anilines is 2. The van der Waals surface area contributed by atoms with Crippen LogP contribution in [0.4, 0.5) is 11.4 Å². The van der Waals surface area contributed by atoms with Crippen molar-refractivity contribution >= 4 is 23.2 Å². The second-order valence-corrected chi connectivity index (χ2v) is 7.94. The zero-order chi connectivity index (χ0) is 25.0. The third kappa shape index (κ3) is 7.43. The Morgan fingerprint density at radius 2 is 0.944 bits per heavy atom. The molecule has 0 atom stereocenters. The van der Waals surface area contributed by atoms with Gasteiger partial charge >= 0.3 is 0 Å². The Labute approximate surface area is 209 Å². The molecule has 0 aliphatic carbocycles. The highest BCUT2D eigenvalue weighted by Gasteiger charge is 2.12. The van der Waals surface area contributed by atoms with E-state index in [2.05, 4.69) is 10.6 Å². The number of fused-ring (bicyclic) bond motifs is 3. The topological polar surface area (TPSA) is 95.1 Å². The summed E-state index contributed by atoms with van der Waals surface area (Å²) in [6.07, 6.45) is 3.46. The van der Waals surface area contributed by atoms with Crippen molar-refractivity contribution in [1.29, 1.82) is 0 Å². The fourth-order valence-electron chi connectivity index (χ4n) is 3.49. The van der Waals surface area contributed by atoms with E-state index in [9.17, 15) is 9.59 Å². The van der Waals surface area contributed by atoms with Crippen LogP contribution in [-0.4, -0.2) is 38.2 Å². The number of carbonyl (C=O) groups is 2. The first kappa shape index (κ1) is 25.0. The van der Waals surface area contributed by atoms with Crippen molar-refractivity contribution in [3.63, 3.8) is 0 Å². The van der Waals surface area contributed by atoms with Gasteiger partial charge in [-0.15, -0.1) is 0 Å². The summed E-state index contributed by atoms with van der Waals surface area (Å²) >= 11 is 0. The molecule has 3 aromatic carbocycles. The minimum atomic E-state index is -0.290. The van der Waals surface area contributed by atoms with Gasteiger partial charge in [0.1, 0.15) is 37.9 Å². The Morgan fingerprint density at radius 1 is 0.528 bits per heavy atom. The zero-order valence-electron chi connectivity index (χ0n) is 19.8. The monoisotopic (exact) mass is 488 g/mol. The minimum absolute atomic E-state index is 0.110. The standard InChI is InChI=1S/C28H28N2O6/c31-27-19-33-15-7-8-16-34-20-28(32)30-24-12-4-6-14-26(24)36-18-22-10-2-1-9-21(22)17-35-25-13-5-3-11-23(25)29-27/h1-14H,15-20H2,(H,29,31)(H,30,32)/b8-7-. The molecule has 1 heterocycles. The quantitative estimate of drug-likeness (QED) is 0.458. The summed E-state index contributed by atoms with van der Waals surface area (Å²) < 4.78 is 22.9. The summed E-state index contributed by atoms with van der Waals surface area (Å²) in [6, 6.07) is 22.3. The molecule has 8 nitrogen and oxygen atoms in total. The molecule has 0 unspecified atom stereocenters. The molecule has 0 bridgehead atoms. The molecule has 0 saturated heterocycles. The molecular weight excluding hydrogens is 460 g/mol. The lowest BCUT2D eigenvalue weighted by Gasteiger charge is -2.16. The molecule has 186 valence electrons. The second kappa shape index (κ2) is 13.1. The number of hydrogen-bond donors (Lipinski definition) is 2. The van der Waals surface area contributed by atoms with E-state index >= 15 is 0 Å². The molecule has 0 fully saturated rings. The maximum atomic E-state index is 12.3. The Balaban J connectivity index is 1.54. The Hall–Kier alpha value is -4.14. The Bertz CT molecular complexity index is 1120. The predicted molar refractivity (Wildman–Crippen MR) is 136 cm³/mol. The summed E-state index contributed by atoms with van der Waals surface area (Å²) in [7, 11) is 0. The molecule has 0 aromatic heterocycles. The lowest BCUT2D eigenvalue weighted by atomic mass is 10.1. The van der Waals surface area contributed by atoms with E-state index in [1.54, 1.807) is 36.4 Å². The molecule has 2 amide bonds. The number of benzene rings is 3. The number of ether oxygens (including phenoxy) is 4. The van der Waals surface area contributed by atoms with Gasteiger partial charge in [0.05, 0.1) is 24.6 Å². The van der Waals surface area contributed by atoms with E-state index in [-0.39, 0.29) is 51.5 Å². The van der Waals surface area contributed by atoms with Gasteiger partial charge in [0.15, 0.2) is 0 Å². The number of rotatable bonds is 0. The average Bonchev–Trinajstić information content (AvgIpc) is 2.89. The van der Waals surface area contributed by atoms with Gasteiger partial charge in [0, 0.05) is 0 Å². The zero-order valence-corrected chi connectivity index (χ0v) is 19.8. The van der Waals surface area contributed by atoms with Crippen LogP contribution < -0.4 is 20.1 Å². The van der Waals surface area contributed by atoms with Crippen molar-refractivity contribution in [3.8, 4) is 11.5 Å². The molecule has 4 rings (SSSR count). The third-order valence-corrected chi connectivity index (χ3v) is 5.27. The van der Waals surface area contributed by atoms with Gasteiger partial charge in [-0.25, -0.2) is 0 Å². The number of para-hydroxylation sites is 4. The van der Waals surface area contributed by atoms with E-state index < -0.39 is 0 Å². The minimum Gasteiger partial charge on any atom is -0.487 e. The van der Waals surface area contributed by atoms with Gasteiger partial charge in [-0.2, -0.15) is 0 Å².